The van der Waals surface area contributed by atoms with E-state index in [1.807, 2.05) is 0 Å². The van der Waals surface area contributed by atoms with Crippen LogP contribution < -0.4 is 10.1 Å². The number of ether oxygens (including phenoxy) is 1. The van der Waals surface area contributed by atoms with Gasteiger partial charge in [0.2, 0.25) is 0 Å². The summed E-state index contributed by atoms with van der Waals surface area (Å²) in [5.74, 6) is 0.732. The molecule has 0 aliphatic heterocycles. The Morgan fingerprint density at radius 1 is 1.30 bits per heavy atom. The van der Waals surface area contributed by atoms with Gasteiger partial charge in [-0.3, -0.25) is 0 Å². The molecule has 0 aromatic heterocycles. The molecule has 3 N–H and O–H groups in total. The van der Waals surface area contributed by atoms with E-state index in [2.05, 4.69) is 5.32 Å². The van der Waals surface area contributed by atoms with Crippen molar-refractivity contribution in [3.8, 4) is 11.5 Å². The maximum absolute atomic E-state index is 10.9. The first-order valence-corrected chi connectivity index (χ1v) is 7.08. The fraction of sp³-hybridized carbons (Fsp3) is 0.500. The molecule has 1 aromatic carbocycles. The summed E-state index contributed by atoms with van der Waals surface area (Å²) >= 11 is 0. The van der Waals surface area contributed by atoms with E-state index in [9.17, 15) is 10.2 Å². The van der Waals surface area contributed by atoms with Crippen molar-refractivity contribution < 1.29 is 14.9 Å². The molecule has 2 rings (SSSR count). The second-order valence-corrected chi connectivity index (χ2v) is 5.32. The van der Waals surface area contributed by atoms with Crippen molar-refractivity contribution in [3.05, 3.63) is 30.0 Å². The second-order valence-electron chi connectivity index (χ2n) is 5.32. The predicted octanol–water partition coefficient (Wildman–Crippen LogP) is 2.66. The van der Waals surface area contributed by atoms with Crippen LogP contribution in [-0.2, 0) is 0 Å². The highest BCUT2D eigenvalue weighted by Gasteiger charge is 2.35. The highest BCUT2D eigenvalue weighted by molar-refractivity contribution is 5.76. The number of hydrogen-bond donors (Lipinski definition) is 3. The molecule has 0 radical (unpaired) electrons. The lowest BCUT2D eigenvalue weighted by Gasteiger charge is -2.35. The molecule has 1 fully saturated rings. The summed E-state index contributed by atoms with van der Waals surface area (Å²) in [7, 11) is 3.36. The standard InChI is InChI=1S/C16H23NO3/c1-17-11-14(16(19)8-4-3-5-9-16)13-7-6-12(20-2)10-15(13)18/h6-7,10-11,17-19H,3-5,8-9H2,1-2H3/b14-11+. The molecule has 4 nitrogen and oxygen atoms in total. The van der Waals surface area contributed by atoms with Gasteiger partial charge in [-0.1, -0.05) is 19.3 Å². The van der Waals surface area contributed by atoms with Crippen molar-refractivity contribution in [2.24, 2.45) is 0 Å². The average molecular weight is 277 g/mol. The summed E-state index contributed by atoms with van der Waals surface area (Å²) in [6.45, 7) is 0. The molecule has 0 heterocycles. The third-order valence-corrected chi connectivity index (χ3v) is 3.97. The van der Waals surface area contributed by atoms with Crippen LogP contribution in [0.1, 0.15) is 37.7 Å². The van der Waals surface area contributed by atoms with Crippen molar-refractivity contribution in [1.29, 1.82) is 0 Å². The number of phenolic OH excluding ortho intramolecular Hbond substituents is 1. The van der Waals surface area contributed by atoms with E-state index in [1.165, 1.54) is 0 Å². The molecule has 110 valence electrons. The van der Waals surface area contributed by atoms with E-state index < -0.39 is 5.60 Å². The van der Waals surface area contributed by atoms with Gasteiger partial charge in [-0.15, -0.1) is 0 Å². The third kappa shape index (κ3) is 2.90. The molecule has 0 unspecified atom stereocenters. The number of rotatable bonds is 4. The van der Waals surface area contributed by atoms with Gasteiger partial charge >= 0.3 is 0 Å². The van der Waals surface area contributed by atoms with Crippen LogP contribution in [0.2, 0.25) is 0 Å². The minimum absolute atomic E-state index is 0.129. The Kier molecular flexibility index (Phi) is 4.55. The third-order valence-electron chi connectivity index (χ3n) is 3.97. The quantitative estimate of drug-likeness (QED) is 0.792. The van der Waals surface area contributed by atoms with Crippen LogP contribution in [0, 0.1) is 0 Å². The van der Waals surface area contributed by atoms with Gasteiger partial charge in [0, 0.05) is 30.5 Å². The molecule has 1 saturated carbocycles. The topological polar surface area (TPSA) is 61.7 Å². The maximum Gasteiger partial charge on any atom is 0.126 e. The number of methoxy groups -OCH3 is 1. The van der Waals surface area contributed by atoms with Crippen molar-refractivity contribution in [3.63, 3.8) is 0 Å². The Morgan fingerprint density at radius 3 is 2.55 bits per heavy atom. The lowest BCUT2D eigenvalue weighted by Crippen LogP contribution is -2.33. The van der Waals surface area contributed by atoms with Crippen LogP contribution in [0.15, 0.2) is 24.4 Å². The van der Waals surface area contributed by atoms with E-state index in [1.54, 1.807) is 38.6 Å². The molecule has 0 saturated heterocycles. The number of benzene rings is 1. The summed E-state index contributed by atoms with van der Waals surface area (Å²) < 4.78 is 5.10. The van der Waals surface area contributed by atoms with Crippen molar-refractivity contribution >= 4 is 5.57 Å². The Bertz CT molecular complexity index is 490. The smallest absolute Gasteiger partial charge is 0.126 e. The number of phenols is 1. The van der Waals surface area contributed by atoms with Crippen LogP contribution in [-0.4, -0.2) is 30.0 Å². The van der Waals surface area contributed by atoms with Gasteiger partial charge in [-0.05, 0) is 25.0 Å². The van der Waals surface area contributed by atoms with Crippen LogP contribution >= 0.6 is 0 Å². The summed E-state index contributed by atoms with van der Waals surface area (Å²) in [5.41, 5.74) is 0.539. The molecular formula is C16H23NO3. The largest absolute Gasteiger partial charge is 0.507 e. The van der Waals surface area contributed by atoms with E-state index in [4.69, 9.17) is 4.74 Å². The summed E-state index contributed by atoms with van der Waals surface area (Å²) in [5, 5.41) is 24.1. The van der Waals surface area contributed by atoms with Gasteiger partial charge in [0.05, 0.1) is 12.7 Å². The Hall–Kier alpha value is -1.68. The van der Waals surface area contributed by atoms with Gasteiger partial charge in [0.15, 0.2) is 0 Å². The van der Waals surface area contributed by atoms with Gasteiger partial charge in [0.25, 0.3) is 0 Å². The van der Waals surface area contributed by atoms with Crippen molar-refractivity contribution in [2.75, 3.05) is 14.2 Å². The summed E-state index contributed by atoms with van der Waals surface area (Å²) in [6.07, 6.45) is 6.41. The predicted molar refractivity (Wildman–Crippen MR) is 79.7 cm³/mol. The summed E-state index contributed by atoms with van der Waals surface area (Å²) in [4.78, 5) is 0. The molecular weight excluding hydrogens is 254 g/mol. The molecule has 1 aliphatic carbocycles. The number of aliphatic hydroxyl groups is 1. The van der Waals surface area contributed by atoms with Crippen LogP contribution in [0.25, 0.3) is 5.57 Å². The van der Waals surface area contributed by atoms with Gasteiger partial charge < -0.3 is 20.3 Å². The fourth-order valence-electron chi connectivity index (χ4n) is 2.88. The summed E-state index contributed by atoms with van der Waals surface area (Å²) in [6, 6.07) is 5.17. The molecule has 0 atom stereocenters. The normalized spacial score (nSPS) is 18.6. The first-order chi connectivity index (χ1) is 9.60. The lowest BCUT2D eigenvalue weighted by molar-refractivity contribution is 0.0609. The molecule has 0 spiro atoms. The van der Waals surface area contributed by atoms with Crippen LogP contribution in [0.3, 0.4) is 0 Å². The first kappa shape index (κ1) is 14.7. The van der Waals surface area contributed by atoms with E-state index in [0.29, 0.717) is 11.3 Å². The average Bonchev–Trinajstić information content (AvgIpc) is 2.46. The van der Waals surface area contributed by atoms with Crippen molar-refractivity contribution in [1.82, 2.24) is 5.32 Å². The Balaban J connectivity index is 2.41. The number of nitrogens with one attached hydrogen (secondary N) is 1. The van der Waals surface area contributed by atoms with Crippen molar-refractivity contribution in [2.45, 2.75) is 37.7 Å². The Labute approximate surface area is 120 Å². The van der Waals surface area contributed by atoms with E-state index in [-0.39, 0.29) is 5.75 Å². The Morgan fingerprint density at radius 2 is 2.00 bits per heavy atom. The minimum atomic E-state index is -0.868. The van der Waals surface area contributed by atoms with Gasteiger partial charge in [-0.2, -0.15) is 0 Å². The van der Waals surface area contributed by atoms with Crippen LogP contribution in [0.4, 0.5) is 0 Å². The molecule has 20 heavy (non-hydrogen) atoms. The zero-order valence-corrected chi connectivity index (χ0v) is 12.1. The zero-order valence-electron chi connectivity index (χ0n) is 12.1. The monoisotopic (exact) mass is 277 g/mol. The van der Waals surface area contributed by atoms with Gasteiger partial charge in [0.1, 0.15) is 11.5 Å². The number of hydrogen-bond acceptors (Lipinski definition) is 4. The van der Waals surface area contributed by atoms with E-state index >= 15 is 0 Å². The zero-order chi connectivity index (χ0) is 14.6. The molecule has 0 bridgehead atoms. The molecule has 0 amide bonds. The number of aromatic hydroxyl groups is 1. The SMILES string of the molecule is CN/C=C(\c1ccc(OC)cc1O)C1(O)CCCCC1. The highest BCUT2D eigenvalue weighted by atomic mass is 16.5. The van der Waals surface area contributed by atoms with Crippen LogP contribution in [0.5, 0.6) is 11.5 Å². The van der Waals surface area contributed by atoms with E-state index in [0.717, 1.165) is 37.7 Å². The molecule has 4 heteroatoms. The maximum atomic E-state index is 10.9. The highest BCUT2D eigenvalue weighted by Crippen LogP contribution is 2.42. The van der Waals surface area contributed by atoms with Gasteiger partial charge in [-0.25, -0.2) is 0 Å². The lowest BCUT2D eigenvalue weighted by atomic mass is 9.77. The second kappa shape index (κ2) is 6.18. The first-order valence-electron chi connectivity index (χ1n) is 7.08. The molecule has 1 aliphatic rings. The minimum Gasteiger partial charge on any atom is -0.507 e. The fourth-order valence-corrected chi connectivity index (χ4v) is 2.88. The molecule has 1 aromatic rings.